The Balaban J connectivity index is 1.74. The zero-order chi connectivity index (χ0) is 22.3. The van der Waals surface area contributed by atoms with Gasteiger partial charge in [-0.05, 0) is 32.8 Å². The molecule has 9 nitrogen and oxygen atoms in total. The van der Waals surface area contributed by atoms with Crippen LogP contribution in [0.5, 0.6) is 0 Å². The molecule has 3 rings (SSSR count). The third-order valence-corrected chi connectivity index (χ3v) is 5.09. The second-order valence-electron chi connectivity index (χ2n) is 7.96. The number of benzene rings is 1. The molecule has 2 heterocycles. The van der Waals surface area contributed by atoms with Gasteiger partial charge < -0.3 is 15.4 Å². The fourth-order valence-corrected chi connectivity index (χ4v) is 3.43. The summed E-state index contributed by atoms with van der Waals surface area (Å²) in [5.41, 5.74) is 1.87. The lowest BCUT2D eigenvalue weighted by Crippen LogP contribution is -2.35. The number of thioether (sulfide) groups is 1. The largest absolute Gasteiger partial charge is 0.444 e. The van der Waals surface area contributed by atoms with E-state index in [0.717, 1.165) is 17.7 Å². The molecule has 0 bridgehead atoms. The average molecular weight is 444 g/mol. The first kappa shape index (κ1) is 22.8. The number of alkyl carbamates (subject to hydrolysis) is 1. The third kappa shape index (κ3) is 6.81. The zero-order valence-corrected chi connectivity index (χ0v) is 19.2. The summed E-state index contributed by atoms with van der Waals surface area (Å²) in [6, 6.07) is 10.1. The van der Waals surface area contributed by atoms with Crippen molar-refractivity contribution in [3.63, 3.8) is 0 Å². The molecule has 0 aliphatic heterocycles. The van der Waals surface area contributed by atoms with E-state index in [0.29, 0.717) is 41.8 Å². The lowest BCUT2D eigenvalue weighted by atomic mass is 10.2. The van der Waals surface area contributed by atoms with Crippen LogP contribution < -0.4 is 10.6 Å². The molecular formula is C21H29N7O2S. The van der Waals surface area contributed by atoms with Crippen LogP contribution in [0.1, 0.15) is 39.7 Å². The minimum Gasteiger partial charge on any atom is -0.444 e. The number of rotatable bonds is 9. The van der Waals surface area contributed by atoms with Gasteiger partial charge in [0, 0.05) is 18.8 Å². The fourth-order valence-electron chi connectivity index (χ4n) is 2.74. The van der Waals surface area contributed by atoms with Crippen molar-refractivity contribution in [2.75, 3.05) is 24.2 Å². The average Bonchev–Trinajstić information content (AvgIpc) is 3.12. The van der Waals surface area contributed by atoms with Crippen molar-refractivity contribution in [2.24, 2.45) is 0 Å². The number of hydrogen-bond donors (Lipinski definition) is 2. The van der Waals surface area contributed by atoms with Gasteiger partial charge in [0.15, 0.2) is 22.1 Å². The molecule has 3 aromatic rings. The first-order chi connectivity index (χ1) is 14.9. The van der Waals surface area contributed by atoms with Crippen LogP contribution in [0, 0.1) is 0 Å². The predicted molar refractivity (Wildman–Crippen MR) is 122 cm³/mol. The van der Waals surface area contributed by atoms with Gasteiger partial charge in [-0.1, -0.05) is 54.2 Å². The predicted octanol–water partition coefficient (Wildman–Crippen LogP) is 3.71. The second kappa shape index (κ2) is 10.4. The Kier molecular flexibility index (Phi) is 7.67. The van der Waals surface area contributed by atoms with Crippen LogP contribution in [0.4, 0.5) is 10.6 Å². The molecule has 0 spiro atoms. The molecule has 0 atom stereocenters. The Hall–Kier alpha value is -2.88. The number of fused-ring (bicyclic) bond motifs is 1. The van der Waals surface area contributed by atoms with Gasteiger partial charge in [-0.2, -0.15) is 0 Å². The van der Waals surface area contributed by atoms with E-state index in [-0.39, 0.29) is 0 Å². The Morgan fingerprint density at radius 3 is 2.65 bits per heavy atom. The summed E-state index contributed by atoms with van der Waals surface area (Å²) in [6.45, 7) is 9.04. The topological polar surface area (TPSA) is 107 Å². The number of aromatic nitrogens is 5. The minimum atomic E-state index is -0.529. The Morgan fingerprint density at radius 2 is 1.94 bits per heavy atom. The van der Waals surface area contributed by atoms with Crippen LogP contribution in [0.15, 0.2) is 35.5 Å². The Morgan fingerprint density at radius 1 is 1.16 bits per heavy atom. The Bertz CT molecular complexity index is 1000. The number of nitrogens with zero attached hydrogens (tertiary/aromatic N) is 5. The van der Waals surface area contributed by atoms with E-state index >= 15 is 0 Å². The van der Waals surface area contributed by atoms with Crippen LogP contribution in [-0.2, 0) is 11.3 Å². The molecule has 2 N–H and O–H groups in total. The molecule has 31 heavy (non-hydrogen) atoms. The van der Waals surface area contributed by atoms with Gasteiger partial charge in [0.1, 0.15) is 5.60 Å². The van der Waals surface area contributed by atoms with Crippen LogP contribution in [0.25, 0.3) is 11.2 Å². The Labute approximate surface area is 186 Å². The molecule has 166 valence electrons. The highest BCUT2D eigenvalue weighted by atomic mass is 32.2. The van der Waals surface area contributed by atoms with Gasteiger partial charge in [0.2, 0.25) is 0 Å². The van der Waals surface area contributed by atoms with Gasteiger partial charge in [0.25, 0.3) is 0 Å². The third-order valence-electron chi connectivity index (χ3n) is 4.04. The molecule has 0 saturated carbocycles. The molecule has 0 saturated heterocycles. The summed E-state index contributed by atoms with van der Waals surface area (Å²) in [5, 5.41) is 15.3. The summed E-state index contributed by atoms with van der Waals surface area (Å²) in [6.07, 6.45) is 0.575. The molecule has 0 unspecified atom stereocenters. The first-order valence-corrected chi connectivity index (χ1v) is 11.3. The van der Waals surface area contributed by atoms with E-state index in [2.05, 4.69) is 37.8 Å². The van der Waals surface area contributed by atoms with Crippen molar-refractivity contribution in [1.82, 2.24) is 30.3 Å². The minimum absolute atomic E-state index is 0.385. The second-order valence-corrected chi connectivity index (χ2v) is 9.03. The van der Waals surface area contributed by atoms with Crippen molar-refractivity contribution >= 4 is 34.8 Å². The lowest BCUT2D eigenvalue weighted by molar-refractivity contribution is 0.0530. The van der Waals surface area contributed by atoms with Crippen molar-refractivity contribution in [3.8, 4) is 0 Å². The highest BCUT2D eigenvalue weighted by Crippen LogP contribution is 2.23. The summed E-state index contributed by atoms with van der Waals surface area (Å²) in [4.78, 5) is 21.1. The number of carbonyl (C=O) groups is 1. The van der Waals surface area contributed by atoms with E-state index in [9.17, 15) is 4.79 Å². The number of ether oxygens (including phenoxy) is 1. The summed E-state index contributed by atoms with van der Waals surface area (Å²) < 4.78 is 7.04. The standard InChI is InChI=1S/C21H29N7O2S/c1-5-13-31-19-24-17(22-11-12-23-20(29)30-21(2,3)4)16-18(25-19)28(27-26-16)14-15-9-7-6-8-10-15/h6-10H,5,11-14H2,1-4H3,(H,23,29)(H,22,24,25). The van der Waals surface area contributed by atoms with Gasteiger partial charge in [-0.15, -0.1) is 5.10 Å². The van der Waals surface area contributed by atoms with Crippen molar-refractivity contribution in [2.45, 2.75) is 51.4 Å². The van der Waals surface area contributed by atoms with Gasteiger partial charge in [-0.3, -0.25) is 0 Å². The normalized spacial score (nSPS) is 11.5. The molecule has 2 aromatic heterocycles. The number of amides is 1. The first-order valence-electron chi connectivity index (χ1n) is 10.3. The molecule has 1 aromatic carbocycles. The lowest BCUT2D eigenvalue weighted by Gasteiger charge is -2.19. The van der Waals surface area contributed by atoms with Gasteiger partial charge in [0.05, 0.1) is 6.54 Å². The molecular weight excluding hydrogens is 414 g/mol. The smallest absolute Gasteiger partial charge is 0.407 e. The molecule has 0 aliphatic rings. The van der Waals surface area contributed by atoms with Gasteiger partial charge >= 0.3 is 6.09 Å². The zero-order valence-electron chi connectivity index (χ0n) is 18.4. The van der Waals surface area contributed by atoms with Crippen LogP contribution >= 0.6 is 11.8 Å². The number of nitrogens with one attached hydrogen (secondary N) is 2. The van der Waals surface area contributed by atoms with Crippen LogP contribution in [0.3, 0.4) is 0 Å². The summed E-state index contributed by atoms with van der Waals surface area (Å²) in [5.74, 6) is 1.53. The maximum absolute atomic E-state index is 11.8. The molecule has 1 amide bonds. The van der Waals surface area contributed by atoms with E-state index in [1.165, 1.54) is 0 Å². The summed E-state index contributed by atoms with van der Waals surface area (Å²) >= 11 is 1.60. The fraction of sp³-hybridized carbons (Fsp3) is 0.476. The van der Waals surface area contributed by atoms with E-state index < -0.39 is 11.7 Å². The number of anilines is 1. The molecule has 0 radical (unpaired) electrons. The maximum atomic E-state index is 11.8. The number of hydrogen-bond acceptors (Lipinski definition) is 8. The summed E-state index contributed by atoms with van der Waals surface area (Å²) in [7, 11) is 0. The van der Waals surface area contributed by atoms with Gasteiger partial charge in [-0.25, -0.2) is 19.4 Å². The van der Waals surface area contributed by atoms with E-state index in [4.69, 9.17) is 4.74 Å². The van der Waals surface area contributed by atoms with Crippen molar-refractivity contribution in [3.05, 3.63) is 35.9 Å². The highest BCUT2D eigenvalue weighted by Gasteiger charge is 2.17. The van der Waals surface area contributed by atoms with E-state index in [1.807, 2.05) is 51.1 Å². The van der Waals surface area contributed by atoms with Crippen LogP contribution in [0.2, 0.25) is 0 Å². The van der Waals surface area contributed by atoms with Crippen molar-refractivity contribution in [1.29, 1.82) is 0 Å². The van der Waals surface area contributed by atoms with Crippen molar-refractivity contribution < 1.29 is 9.53 Å². The molecule has 10 heteroatoms. The van der Waals surface area contributed by atoms with E-state index in [1.54, 1.807) is 16.4 Å². The van der Waals surface area contributed by atoms with Crippen LogP contribution in [-0.4, -0.2) is 55.5 Å². The number of carbonyl (C=O) groups excluding carboxylic acids is 1. The monoisotopic (exact) mass is 443 g/mol. The quantitative estimate of drug-likeness (QED) is 0.293. The highest BCUT2D eigenvalue weighted by molar-refractivity contribution is 7.99. The molecule has 0 aliphatic carbocycles. The maximum Gasteiger partial charge on any atom is 0.407 e. The SMILES string of the molecule is CCCSc1nc(NCCNC(=O)OC(C)(C)C)c2nnn(Cc3ccccc3)c2n1. The molecule has 0 fully saturated rings.